The van der Waals surface area contributed by atoms with Crippen molar-refractivity contribution in [3.05, 3.63) is 95.4 Å². The van der Waals surface area contributed by atoms with E-state index in [2.05, 4.69) is 107 Å². The molecule has 0 spiro atoms. The minimum absolute atomic E-state index is 1.05. The minimum Gasteiger partial charge on any atom is -0.342 e. The Morgan fingerprint density at radius 1 is 0.613 bits per heavy atom. The third kappa shape index (κ3) is 2.17. The Bertz CT molecular complexity index is 1790. The van der Waals surface area contributed by atoms with Gasteiger partial charge in [0.05, 0.1) is 16.6 Å². The standard InChI is InChI=1S/C29H22N2/c1-30-25-14-6-4-12-21(25)23-17-18-24-22-13-5-7-15-27(22)31(29(24)28(23)30)26-16-8-10-19-9-2-3-11-20(19)26/h2-7,9-15,17-18H,8,16H2,1H3. The molecule has 0 fully saturated rings. The van der Waals surface area contributed by atoms with E-state index < -0.39 is 0 Å². The zero-order valence-electron chi connectivity index (χ0n) is 17.5. The van der Waals surface area contributed by atoms with Crippen LogP contribution in [0.2, 0.25) is 0 Å². The van der Waals surface area contributed by atoms with Crippen molar-refractivity contribution in [1.29, 1.82) is 0 Å². The quantitative estimate of drug-likeness (QED) is 0.338. The summed E-state index contributed by atoms with van der Waals surface area (Å²) in [5.74, 6) is 0. The van der Waals surface area contributed by atoms with Crippen LogP contribution in [-0.2, 0) is 7.05 Å². The Kier molecular flexibility index (Phi) is 3.35. The van der Waals surface area contributed by atoms with E-state index in [1.165, 1.54) is 59.7 Å². The third-order valence-corrected chi connectivity index (χ3v) is 6.99. The number of aryl methyl sites for hydroxylation is 1. The monoisotopic (exact) mass is 398 g/mol. The average Bonchev–Trinajstić information content (AvgIpc) is 3.31. The number of benzene rings is 4. The fourth-order valence-electron chi connectivity index (χ4n) is 5.66. The van der Waals surface area contributed by atoms with Crippen molar-refractivity contribution < 1.29 is 0 Å². The molecule has 0 unspecified atom stereocenters. The van der Waals surface area contributed by atoms with Gasteiger partial charge in [-0.2, -0.15) is 0 Å². The summed E-state index contributed by atoms with van der Waals surface area (Å²) in [5, 5.41) is 8.00. The fourth-order valence-corrected chi connectivity index (χ4v) is 5.66. The fraction of sp³-hybridized carbons (Fsp3) is 0.103. The Hall–Kier alpha value is -3.78. The summed E-state index contributed by atoms with van der Waals surface area (Å²) >= 11 is 0. The number of fused-ring (bicyclic) bond motifs is 8. The van der Waals surface area contributed by atoms with Gasteiger partial charge in [0.1, 0.15) is 0 Å². The molecule has 148 valence electrons. The first kappa shape index (κ1) is 17.0. The van der Waals surface area contributed by atoms with Crippen molar-refractivity contribution in [2.45, 2.75) is 12.8 Å². The van der Waals surface area contributed by atoms with E-state index in [4.69, 9.17) is 0 Å². The number of hydrogen-bond donors (Lipinski definition) is 0. The molecule has 0 aliphatic heterocycles. The molecule has 0 saturated carbocycles. The molecule has 2 nitrogen and oxygen atoms in total. The second-order valence-electron chi connectivity index (χ2n) is 8.56. The molecule has 0 radical (unpaired) electrons. The lowest BCUT2D eigenvalue weighted by molar-refractivity contribution is 0.978. The molecule has 1 aliphatic rings. The van der Waals surface area contributed by atoms with Gasteiger partial charge in [-0.15, -0.1) is 0 Å². The highest BCUT2D eigenvalue weighted by atomic mass is 15.0. The third-order valence-electron chi connectivity index (χ3n) is 6.99. The summed E-state index contributed by atoms with van der Waals surface area (Å²) in [5.41, 5.74) is 6.62. The number of rotatable bonds is 1. The molecule has 2 heteroatoms. The molecule has 0 amide bonds. The lowest BCUT2D eigenvalue weighted by Gasteiger charge is -2.16. The predicted octanol–water partition coefficient (Wildman–Crippen LogP) is 5.67. The van der Waals surface area contributed by atoms with Gasteiger partial charge < -0.3 is 9.13 Å². The van der Waals surface area contributed by atoms with Gasteiger partial charge in [-0.25, -0.2) is 0 Å². The summed E-state index contributed by atoms with van der Waals surface area (Å²) in [4.78, 5) is 0. The topological polar surface area (TPSA) is 9.86 Å². The largest absolute Gasteiger partial charge is 0.342 e. The first-order valence-electron chi connectivity index (χ1n) is 11.0. The van der Waals surface area contributed by atoms with Gasteiger partial charge in [0.25, 0.3) is 0 Å². The first-order chi connectivity index (χ1) is 15.3. The van der Waals surface area contributed by atoms with Crippen molar-refractivity contribution in [1.82, 2.24) is 9.13 Å². The highest BCUT2D eigenvalue weighted by molar-refractivity contribution is 6.23. The number of nitrogens with zero attached hydrogens (tertiary/aromatic N) is 2. The maximum Gasteiger partial charge on any atom is 0.0782 e. The lowest BCUT2D eigenvalue weighted by atomic mass is 10.0. The van der Waals surface area contributed by atoms with Gasteiger partial charge in [-0.05, 0) is 30.2 Å². The molecule has 6 aromatic rings. The maximum absolute atomic E-state index is 2.55. The van der Waals surface area contributed by atoms with Gasteiger partial charge in [-0.3, -0.25) is 0 Å². The molecular weight excluding hydrogens is 376 g/mol. The molecule has 0 N–H and O–H groups in total. The Balaban J connectivity index is 1.81. The van der Waals surface area contributed by atoms with E-state index in [1.807, 2.05) is 0 Å². The van der Waals surface area contributed by atoms with Crippen molar-refractivity contribution in [2.75, 3.05) is 0 Å². The average molecular weight is 399 g/mol. The van der Waals surface area contributed by atoms with Gasteiger partial charge in [0, 0.05) is 45.0 Å². The maximum atomic E-state index is 2.55. The molecule has 1 aliphatic carbocycles. The lowest BCUT2D eigenvalue weighted by Crippen LogP contribution is -2.31. The van der Waals surface area contributed by atoms with Crippen LogP contribution in [-0.4, -0.2) is 9.13 Å². The van der Waals surface area contributed by atoms with Crippen LogP contribution in [0.4, 0.5) is 0 Å². The molecule has 2 aromatic heterocycles. The zero-order valence-corrected chi connectivity index (χ0v) is 17.5. The van der Waals surface area contributed by atoms with Crippen LogP contribution in [0.25, 0.3) is 55.4 Å². The van der Waals surface area contributed by atoms with Crippen LogP contribution in [0.15, 0.2) is 84.9 Å². The first-order valence-corrected chi connectivity index (χ1v) is 11.0. The van der Waals surface area contributed by atoms with Crippen LogP contribution in [0.1, 0.15) is 12.8 Å². The minimum atomic E-state index is 1.05. The van der Waals surface area contributed by atoms with Crippen molar-refractivity contribution in [2.24, 2.45) is 7.05 Å². The van der Waals surface area contributed by atoms with E-state index in [1.54, 1.807) is 0 Å². The van der Waals surface area contributed by atoms with Crippen molar-refractivity contribution >= 4 is 55.4 Å². The second kappa shape index (κ2) is 6.12. The van der Waals surface area contributed by atoms with E-state index in [-0.39, 0.29) is 0 Å². The number of aromatic nitrogens is 2. The van der Waals surface area contributed by atoms with E-state index >= 15 is 0 Å². The highest BCUT2D eigenvalue weighted by Gasteiger charge is 2.20. The smallest absolute Gasteiger partial charge is 0.0782 e. The predicted molar refractivity (Wildman–Crippen MR) is 132 cm³/mol. The molecule has 2 heterocycles. The SMILES string of the molecule is Cn1c2ccccc2c2ccc3c4ccccc4n(C4=c5ccccc5=CCC4)c3c21. The van der Waals surface area contributed by atoms with E-state index in [0.717, 1.165) is 12.8 Å². The van der Waals surface area contributed by atoms with Crippen LogP contribution >= 0.6 is 0 Å². The molecule has 31 heavy (non-hydrogen) atoms. The van der Waals surface area contributed by atoms with Crippen molar-refractivity contribution in [3.8, 4) is 0 Å². The zero-order chi connectivity index (χ0) is 20.5. The molecule has 7 rings (SSSR count). The summed E-state index contributed by atoms with van der Waals surface area (Å²) < 4.78 is 4.93. The Morgan fingerprint density at radius 2 is 1.26 bits per heavy atom. The van der Waals surface area contributed by atoms with Gasteiger partial charge in [0.15, 0.2) is 0 Å². The summed E-state index contributed by atoms with van der Waals surface area (Å²) in [6, 6.07) is 31.1. The molecule has 0 atom stereocenters. The number of para-hydroxylation sites is 2. The highest BCUT2D eigenvalue weighted by Crippen LogP contribution is 2.39. The molecule has 0 bridgehead atoms. The van der Waals surface area contributed by atoms with Crippen LogP contribution in [0.3, 0.4) is 0 Å². The van der Waals surface area contributed by atoms with Crippen molar-refractivity contribution in [3.63, 3.8) is 0 Å². The number of hydrogen-bond acceptors (Lipinski definition) is 0. The summed E-state index contributed by atoms with van der Waals surface area (Å²) in [6.45, 7) is 0. The normalized spacial score (nSPS) is 13.9. The molecular formula is C29H22N2. The van der Waals surface area contributed by atoms with E-state index in [0.29, 0.717) is 0 Å². The van der Waals surface area contributed by atoms with Gasteiger partial charge >= 0.3 is 0 Å². The Morgan fingerprint density at radius 3 is 2.10 bits per heavy atom. The van der Waals surface area contributed by atoms with E-state index in [9.17, 15) is 0 Å². The molecule has 0 saturated heterocycles. The second-order valence-corrected chi connectivity index (χ2v) is 8.56. The van der Waals surface area contributed by atoms with Crippen LogP contribution < -0.4 is 10.4 Å². The van der Waals surface area contributed by atoms with Crippen LogP contribution in [0, 0.1) is 0 Å². The van der Waals surface area contributed by atoms with Crippen LogP contribution in [0.5, 0.6) is 0 Å². The van der Waals surface area contributed by atoms with Gasteiger partial charge in [-0.1, -0.05) is 78.9 Å². The van der Waals surface area contributed by atoms with Gasteiger partial charge in [0.2, 0.25) is 0 Å². The summed E-state index contributed by atoms with van der Waals surface area (Å²) in [6.07, 6.45) is 4.50. The summed E-state index contributed by atoms with van der Waals surface area (Å²) in [7, 11) is 2.21. The molecule has 4 aromatic carbocycles. The Labute approximate surface area is 179 Å².